The van der Waals surface area contributed by atoms with Gasteiger partial charge in [-0.3, -0.25) is 4.79 Å². The number of anilines is 1. The summed E-state index contributed by atoms with van der Waals surface area (Å²) in [5, 5.41) is 2.84. The van der Waals surface area contributed by atoms with E-state index in [1.165, 1.54) is 5.56 Å². The summed E-state index contributed by atoms with van der Waals surface area (Å²) in [4.78, 5) is 13.7. The molecule has 2 rings (SSSR count). The first-order valence-corrected chi connectivity index (χ1v) is 7.21. The Morgan fingerprint density at radius 3 is 2.95 bits per heavy atom. The van der Waals surface area contributed by atoms with Crippen molar-refractivity contribution in [1.29, 1.82) is 0 Å². The third-order valence-electron chi connectivity index (χ3n) is 3.38. The fourth-order valence-electron chi connectivity index (χ4n) is 2.41. The lowest BCUT2D eigenvalue weighted by Crippen LogP contribution is -2.32. The van der Waals surface area contributed by atoms with Crippen LogP contribution in [-0.4, -0.2) is 43.6 Å². The minimum absolute atomic E-state index is 0.0922. The maximum absolute atomic E-state index is 11.3. The van der Waals surface area contributed by atoms with E-state index in [-0.39, 0.29) is 12.5 Å². The minimum Gasteiger partial charge on any atom is -0.482 e. The van der Waals surface area contributed by atoms with Gasteiger partial charge in [0.05, 0.1) is 5.69 Å². The molecule has 20 heavy (non-hydrogen) atoms. The Kier molecular flexibility index (Phi) is 5.38. The van der Waals surface area contributed by atoms with E-state index in [0.29, 0.717) is 6.54 Å². The van der Waals surface area contributed by atoms with Crippen LogP contribution in [0, 0.1) is 0 Å². The number of ether oxygens (including phenoxy) is 1. The van der Waals surface area contributed by atoms with Crippen molar-refractivity contribution in [1.82, 2.24) is 4.90 Å². The Hall–Kier alpha value is -1.59. The van der Waals surface area contributed by atoms with Crippen LogP contribution in [0.3, 0.4) is 0 Å². The lowest BCUT2D eigenvalue weighted by atomic mass is 10.1. The molecule has 1 aromatic carbocycles. The van der Waals surface area contributed by atoms with E-state index in [1.807, 2.05) is 12.1 Å². The molecule has 0 saturated heterocycles. The molecule has 5 heteroatoms. The maximum atomic E-state index is 11.3. The van der Waals surface area contributed by atoms with Crippen molar-refractivity contribution in [3.8, 4) is 5.75 Å². The Labute approximate surface area is 120 Å². The average molecular weight is 277 g/mol. The van der Waals surface area contributed by atoms with Crippen LogP contribution in [0.5, 0.6) is 5.75 Å². The topological polar surface area (TPSA) is 67.6 Å². The lowest BCUT2D eigenvalue weighted by molar-refractivity contribution is -0.118. The van der Waals surface area contributed by atoms with Gasteiger partial charge in [0.25, 0.3) is 5.91 Å². The summed E-state index contributed by atoms with van der Waals surface area (Å²) in [7, 11) is 0. The molecule has 0 aromatic heterocycles. The lowest BCUT2D eigenvalue weighted by Gasteiger charge is -2.22. The number of nitrogens with zero attached hydrogens (tertiary/aromatic N) is 1. The summed E-state index contributed by atoms with van der Waals surface area (Å²) in [5.74, 6) is 0.658. The van der Waals surface area contributed by atoms with Crippen molar-refractivity contribution in [2.45, 2.75) is 19.8 Å². The second kappa shape index (κ2) is 7.26. The quantitative estimate of drug-likeness (QED) is 0.786. The summed E-state index contributed by atoms with van der Waals surface area (Å²) in [6, 6.07) is 5.99. The number of benzene rings is 1. The molecule has 0 aliphatic carbocycles. The summed E-state index contributed by atoms with van der Waals surface area (Å²) in [6.45, 7) is 5.95. The molecular weight excluding hydrogens is 254 g/mol. The van der Waals surface area contributed by atoms with Crippen molar-refractivity contribution in [2.24, 2.45) is 5.73 Å². The predicted octanol–water partition coefficient (Wildman–Crippen LogP) is 1.23. The smallest absolute Gasteiger partial charge is 0.262 e. The number of carbonyl (C=O) groups is 1. The van der Waals surface area contributed by atoms with E-state index in [4.69, 9.17) is 10.5 Å². The Bertz CT molecular complexity index is 456. The van der Waals surface area contributed by atoms with Gasteiger partial charge in [-0.15, -0.1) is 0 Å². The summed E-state index contributed by atoms with van der Waals surface area (Å²) < 4.78 is 5.35. The molecule has 1 amide bonds. The van der Waals surface area contributed by atoms with E-state index in [2.05, 4.69) is 23.2 Å². The molecule has 0 spiro atoms. The van der Waals surface area contributed by atoms with Gasteiger partial charge in [-0.2, -0.15) is 0 Å². The van der Waals surface area contributed by atoms with Crippen LogP contribution < -0.4 is 15.8 Å². The van der Waals surface area contributed by atoms with E-state index >= 15 is 0 Å². The van der Waals surface area contributed by atoms with Crippen molar-refractivity contribution in [2.75, 3.05) is 38.1 Å². The minimum atomic E-state index is -0.0922. The number of amides is 1. The zero-order valence-corrected chi connectivity index (χ0v) is 12.0. The maximum Gasteiger partial charge on any atom is 0.262 e. The van der Waals surface area contributed by atoms with Gasteiger partial charge >= 0.3 is 0 Å². The van der Waals surface area contributed by atoms with Crippen LogP contribution >= 0.6 is 0 Å². The van der Waals surface area contributed by atoms with Gasteiger partial charge in [-0.1, -0.05) is 13.0 Å². The Balaban J connectivity index is 1.96. The van der Waals surface area contributed by atoms with Crippen molar-refractivity contribution >= 4 is 11.6 Å². The molecule has 0 atom stereocenters. The monoisotopic (exact) mass is 277 g/mol. The van der Waals surface area contributed by atoms with Crippen LogP contribution in [0.4, 0.5) is 5.69 Å². The fourth-order valence-corrected chi connectivity index (χ4v) is 2.41. The molecule has 5 nitrogen and oxygen atoms in total. The van der Waals surface area contributed by atoms with E-state index in [9.17, 15) is 4.79 Å². The van der Waals surface area contributed by atoms with Gasteiger partial charge in [0.1, 0.15) is 5.75 Å². The van der Waals surface area contributed by atoms with E-state index in [0.717, 1.165) is 43.9 Å². The zero-order chi connectivity index (χ0) is 14.4. The van der Waals surface area contributed by atoms with Gasteiger partial charge < -0.3 is 20.7 Å². The Morgan fingerprint density at radius 1 is 1.35 bits per heavy atom. The first kappa shape index (κ1) is 14.8. The molecule has 0 unspecified atom stereocenters. The molecule has 1 aromatic rings. The van der Waals surface area contributed by atoms with Crippen LogP contribution in [-0.2, 0) is 11.2 Å². The number of hydrogen-bond acceptors (Lipinski definition) is 4. The highest BCUT2D eigenvalue weighted by Gasteiger charge is 2.15. The molecule has 1 aliphatic heterocycles. The number of carbonyl (C=O) groups excluding carboxylic acids is 1. The number of fused-ring (bicyclic) bond motifs is 1. The molecule has 1 aliphatic rings. The van der Waals surface area contributed by atoms with Gasteiger partial charge in [-0.25, -0.2) is 0 Å². The third-order valence-corrected chi connectivity index (χ3v) is 3.38. The fraction of sp³-hybridized carbons (Fsp3) is 0.533. The number of nitrogens with two attached hydrogens (primary N) is 1. The summed E-state index contributed by atoms with van der Waals surface area (Å²) in [5.41, 5.74) is 7.61. The van der Waals surface area contributed by atoms with Gasteiger partial charge in [0.2, 0.25) is 0 Å². The van der Waals surface area contributed by atoms with Crippen molar-refractivity contribution < 1.29 is 9.53 Å². The van der Waals surface area contributed by atoms with Crippen LogP contribution in [0.1, 0.15) is 18.9 Å². The van der Waals surface area contributed by atoms with Gasteiger partial charge in [0, 0.05) is 19.6 Å². The van der Waals surface area contributed by atoms with Crippen LogP contribution in [0.15, 0.2) is 18.2 Å². The number of nitrogens with one attached hydrogen (secondary N) is 1. The second-order valence-electron chi connectivity index (χ2n) is 5.05. The van der Waals surface area contributed by atoms with E-state index in [1.54, 1.807) is 0 Å². The third kappa shape index (κ3) is 3.95. The summed E-state index contributed by atoms with van der Waals surface area (Å²) >= 11 is 0. The molecule has 110 valence electrons. The van der Waals surface area contributed by atoms with Gasteiger partial charge in [0.15, 0.2) is 6.61 Å². The molecule has 0 saturated carbocycles. The molecule has 3 N–H and O–H groups in total. The van der Waals surface area contributed by atoms with E-state index < -0.39 is 0 Å². The van der Waals surface area contributed by atoms with Crippen LogP contribution in [0.2, 0.25) is 0 Å². The molecule has 0 radical (unpaired) electrons. The SMILES string of the molecule is CCCN(CCN)CCc1ccc2c(c1)NC(=O)CO2. The number of hydrogen-bond donors (Lipinski definition) is 2. The largest absolute Gasteiger partial charge is 0.482 e. The highest BCUT2D eigenvalue weighted by Crippen LogP contribution is 2.28. The molecular formula is C15H23N3O2. The first-order chi connectivity index (χ1) is 9.72. The van der Waals surface area contributed by atoms with Crippen molar-refractivity contribution in [3.05, 3.63) is 23.8 Å². The molecule has 0 fully saturated rings. The highest BCUT2D eigenvalue weighted by atomic mass is 16.5. The highest BCUT2D eigenvalue weighted by molar-refractivity contribution is 5.95. The standard InChI is InChI=1S/C15H23N3O2/c1-2-7-18(9-6-16)8-5-12-3-4-14-13(10-12)17-15(19)11-20-14/h3-4,10H,2,5-9,11,16H2,1H3,(H,17,19). The van der Waals surface area contributed by atoms with Gasteiger partial charge in [-0.05, 0) is 37.1 Å². The molecule has 1 heterocycles. The first-order valence-electron chi connectivity index (χ1n) is 7.21. The average Bonchev–Trinajstić information content (AvgIpc) is 2.44. The Morgan fingerprint density at radius 2 is 2.20 bits per heavy atom. The number of rotatable bonds is 7. The van der Waals surface area contributed by atoms with Crippen LogP contribution in [0.25, 0.3) is 0 Å². The zero-order valence-electron chi connectivity index (χ0n) is 12.0. The predicted molar refractivity (Wildman–Crippen MR) is 80.1 cm³/mol. The molecule has 0 bridgehead atoms. The second-order valence-corrected chi connectivity index (χ2v) is 5.05. The normalized spacial score (nSPS) is 13.8. The van der Waals surface area contributed by atoms with Crippen molar-refractivity contribution in [3.63, 3.8) is 0 Å². The summed E-state index contributed by atoms with van der Waals surface area (Å²) in [6.07, 6.45) is 2.08.